The Morgan fingerprint density at radius 3 is 2.03 bits per heavy atom. The van der Waals surface area contributed by atoms with Crippen LogP contribution in [0.4, 0.5) is 20.2 Å². The number of nitrogens with one attached hydrogen (secondary N) is 1. The Morgan fingerprint density at radius 1 is 0.933 bits per heavy atom. The smallest absolute Gasteiger partial charge is 0.264 e. The van der Waals surface area contributed by atoms with Crippen LogP contribution < -0.4 is 14.4 Å². The minimum atomic E-state index is -3.83. The molecule has 0 fully saturated rings. The molecule has 0 radical (unpaired) electrons. The molecular weight excluding hydrogens is 414 g/mol. The van der Waals surface area contributed by atoms with Gasteiger partial charge in [-0.3, -0.25) is 9.10 Å². The lowest BCUT2D eigenvalue weighted by molar-refractivity contribution is 0.102. The molecule has 0 aromatic heterocycles. The number of methoxy groups -OCH3 is 1. The number of hydrogen-bond donors (Lipinski definition) is 1. The zero-order valence-electron chi connectivity index (χ0n) is 16.1. The second kappa shape index (κ2) is 8.50. The third-order valence-corrected chi connectivity index (χ3v) is 6.21. The van der Waals surface area contributed by atoms with E-state index in [0.29, 0.717) is 11.4 Å². The number of ether oxygens (including phenoxy) is 1. The molecule has 156 valence electrons. The first-order valence-corrected chi connectivity index (χ1v) is 10.2. The molecule has 0 bridgehead atoms. The van der Waals surface area contributed by atoms with Crippen molar-refractivity contribution < 1.29 is 26.7 Å². The van der Waals surface area contributed by atoms with Crippen LogP contribution in [-0.4, -0.2) is 28.5 Å². The highest BCUT2D eigenvalue weighted by molar-refractivity contribution is 7.92. The van der Waals surface area contributed by atoms with Gasteiger partial charge in [-0.15, -0.1) is 0 Å². The normalized spacial score (nSPS) is 11.1. The van der Waals surface area contributed by atoms with Crippen LogP contribution in [0, 0.1) is 11.6 Å². The highest BCUT2D eigenvalue weighted by atomic mass is 32.2. The van der Waals surface area contributed by atoms with E-state index in [1.807, 2.05) is 0 Å². The van der Waals surface area contributed by atoms with Crippen molar-refractivity contribution in [1.29, 1.82) is 0 Å². The molecule has 30 heavy (non-hydrogen) atoms. The summed E-state index contributed by atoms with van der Waals surface area (Å²) in [6, 6.07) is 14.8. The molecule has 3 aromatic carbocycles. The van der Waals surface area contributed by atoms with Crippen LogP contribution >= 0.6 is 0 Å². The molecule has 0 heterocycles. The number of nitrogens with zero attached hydrogens (tertiary/aromatic N) is 1. The highest BCUT2D eigenvalue weighted by Crippen LogP contribution is 2.25. The largest absolute Gasteiger partial charge is 0.497 e. The number of benzene rings is 3. The lowest BCUT2D eigenvalue weighted by atomic mass is 10.2. The first kappa shape index (κ1) is 21.3. The second-order valence-electron chi connectivity index (χ2n) is 6.25. The van der Waals surface area contributed by atoms with Crippen molar-refractivity contribution in [3.63, 3.8) is 0 Å². The van der Waals surface area contributed by atoms with Crippen molar-refractivity contribution >= 4 is 27.3 Å². The molecule has 3 rings (SSSR count). The van der Waals surface area contributed by atoms with Crippen molar-refractivity contribution in [2.75, 3.05) is 23.8 Å². The Balaban J connectivity index is 1.79. The highest BCUT2D eigenvalue weighted by Gasteiger charge is 2.22. The van der Waals surface area contributed by atoms with E-state index in [1.54, 1.807) is 0 Å². The van der Waals surface area contributed by atoms with Gasteiger partial charge in [0.05, 0.1) is 17.7 Å². The van der Waals surface area contributed by atoms with Crippen LogP contribution in [-0.2, 0) is 10.0 Å². The molecule has 0 unspecified atom stereocenters. The van der Waals surface area contributed by atoms with E-state index in [2.05, 4.69) is 5.32 Å². The topological polar surface area (TPSA) is 75.7 Å². The van der Waals surface area contributed by atoms with E-state index >= 15 is 0 Å². The van der Waals surface area contributed by atoms with Crippen LogP contribution in [0.25, 0.3) is 0 Å². The van der Waals surface area contributed by atoms with Gasteiger partial charge in [-0.25, -0.2) is 17.2 Å². The quantitative estimate of drug-likeness (QED) is 0.638. The Morgan fingerprint density at radius 2 is 1.50 bits per heavy atom. The minimum absolute atomic E-state index is 0.0719. The third-order valence-electron chi connectivity index (χ3n) is 4.41. The molecule has 0 spiro atoms. The lowest BCUT2D eigenvalue weighted by Gasteiger charge is -2.20. The average molecular weight is 432 g/mol. The molecule has 0 aliphatic heterocycles. The predicted octanol–water partition coefficient (Wildman–Crippen LogP) is 4.05. The van der Waals surface area contributed by atoms with Crippen LogP contribution in [0.1, 0.15) is 10.4 Å². The number of para-hydroxylation sites is 1. The Kier molecular flexibility index (Phi) is 6.02. The van der Waals surface area contributed by atoms with E-state index < -0.39 is 33.3 Å². The summed E-state index contributed by atoms with van der Waals surface area (Å²) in [6.45, 7) is 0. The van der Waals surface area contributed by atoms with Crippen molar-refractivity contribution in [2.24, 2.45) is 0 Å². The fourth-order valence-corrected chi connectivity index (χ4v) is 3.87. The van der Waals surface area contributed by atoms with Crippen LogP contribution in [0.3, 0.4) is 0 Å². The summed E-state index contributed by atoms with van der Waals surface area (Å²) in [5.74, 6) is -2.00. The number of sulfonamides is 1. The van der Waals surface area contributed by atoms with Crippen molar-refractivity contribution in [2.45, 2.75) is 4.90 Å². The fourth-order valence-electron chi connectivity index (χ4n) is 2.67. The Hall–Kier alpha value is -3.46. The van der Waals surface area contributed by atoms with E-state index in [-0.39, 0.29) is 10.5 Å². The fraction of sp³-hybridized carbons (Fsp3) is 0.0952. The van der Waals surface area contributed by atoms with Crippen molar-refractivity contribution in [3.05, 3.63) is 83.9 Å². The van der Waals surface area contributed by atoms with Crippen LogP contribution in [0.2, 0.25) is 0 Å². The van der Waals surface area contributed by atoms with Gasteiger partial charge in [-0.2, -0.15) is 0 Å². The van der Waals surface area contributed by atoms with Gasteiger partial charge in [-0.05, 0) is 60.7 Å². The molecule has 0 saturated heterocycles. The lowest BCUT2D eigenvalue weighted by Crippen LogP contribution is -2.26. The molecule has 0 aliphatic rings. The number of halogens is 2. The summed E-state index contributed by atoms with van der Waals surface area (Å²) in [7, 11) is -0.973. The number of rotatable bonds is 6. The summed E-state index contributed by atoms with van der Waals surface area (Å²) >= 11 is 0. The predicted molar refractivity (Wildman–Crippen MR) is 109 cm³/mol. The molecule has 3 aromatic rings. The molecule has 0 saturated carbocycles. The van der Waals surface area contributed by atoms with Gasteiger partial charge in [0.15, 0.2) is 0 Å². The van der Waals surface area contributed by atoms with Gasteiger partial charge in [0.2, 0.25) is 0 Å². The Labute approximate surface area is 172 Å². The maximum Gasteiger partial charge on any atom is 0.264 e. The summed E-state index contributed by atoms with van der Waals surface area (Å²) in [6.07, 6.45) is 0. The van der Waals surface area contributed by atoms with Crippen LogP contribution in [0.5, 0.6) is 5.75 Å². The van der Waals surface area contributed by atoms with Gasteiger partial charge in [0.25, 0.3) is 15.9 Å². The SMILES string of the molecule is COc1ccc(S(=O)(=O)N(C)c2ccc(C(=O)Nc3c(F)cccc3F)cc2)cc1. The maximum atomic E-state index is 13.7. The van der Waals surface area contributed by atoms with E-state index in [0.717, 1.165) is 16.4 Å². The van der Waals surface area contributed by atoms with Crippen LogP contribution in [0.15, 0.2) is 71.6 Å². The van der Waals surface area contributed by atoms with E-state index in [9.17, 15) is 22.0 Å². The zero-order chi connectivity index (χ0) is 21.9. The number of hydrogen-bond acceptors (Lipinski definition) is 4. The first-order chi connectivity index (χ1) is 14.2. The summed E-state index contributed by atoms with van der Waals surface area (Å²) in [5.41, 5.74) is -0.137. The third kappa shape index (κ3) is 4.25. The molecule has 6 nitrogen and oxygen atoms in total. The summed E-state index contributed by atoms with van der Waals surface area (Å²) in [5, 5.41) is 2.18. The van der Waals surface area contributed by atoms with Gasteiger partial charge in [0.1, 0.15) is 23.1 Å². The number of amides is 1. The first-order valence-electron chi connectivity index (χ1n) is 8.72. The summed E-state index contributed by atoms with van der Waals surface area (Å²) in [4.78, 5) is 12.4. The Bertz CT molecular complexity index is 1140. The van der Waals surface area contributed by atoms with Gasteiger partial charge in [-0.1, -0.05) is 6.07 Å². The minimum Gasteiger partial charge on any atom is -0.497 e. The maximum absolute atomic E-state index is 13.7. The monoisotopic (exact) mass is 432 g/mol. The summed E-state index contributed by atoms with van der Waals surface area (Å²) < 4.78 is 59.1. The molecule has 9 heteroatoms. The molecule has 0 aliphatic carbocycles. The van der Waals surface area contributed by atoms with Gasteiger partial charge in [0, 0.05) is 12.6 Å². The number of carbonyl (C=O) groups excluding carboxylic acids is 1. The molecule has 0 atom stereocenters. The van der Waals surface area contributed by atoms with Gasteiger partial charge >= 0.3 is 0 Å². The molecule has 1 N–H and O–H groups in total. The van der Waals surface area contributed by atoms with Gasteiger partial charge < -0.3 is 10.1 Å². The van der Waals surface area contributed by atoms with E-state index in [1.165, 1.54) is 68.8 Å². The number of carbonyl (C=O) groups is 1. The second-order valence-corrected chi connectivity index (χ2v) is 8.21. The zero-order valence-corrected chi connectivity index (χ0v) is 16.9. The van der Waals surface area contributed by atoms with Crippen molar-refractivity contribution in [3.8, 4) is 5.75 Å². The standard InChI is InChI=1S/C21H18F2N2O4S/c1-25(30(27,28)17-12-10-16(29-2)11-13-17)15-8-6-14(7-9-15)21(26)24-20-18(22)4-3-5-19(20)23/h3-13H,1-2H3,(H,24,26). The van der Waals surface area contributed by atoms with E-state index in [4.69, 9.17) is 4.74 Å². The molecule has 1 amide bonds. The van der Waals surface area contributed by atoms with Crippen molar-refractivity contribution in [1.82, 2.24) is 0 Å². The molecular formula is C21H18F2N2O4S. The average Bonchev–Trinajstić information content (AvgIpc) is 2.76. The number of anilines is 2.